The van der Waals surface area contributed by atoms with E-state index in [4.69, 9.17) is 4.74 Å². The first-order valence-corrected chi connectivity index (χ1v) is 5.41. The lowest BCUT2D eigenvalue weighted by Gasteiger charge is -2.15. The van der Waals surface area contributed by atoms with Crippen LogP contribution in [0.4, 0.5) is 18.9 Å². The van der Waals surface area contributed by atoms with Crippen LogP contribution < -0.4 is 10.1 Å². The summed E-state index contributed by atoms with van der Waals surface area (Å²) >= 11 is 0. The van der Waals surface area contributed by atoms with Gasteiger partial charge in [-0.05, 0) is 18.1 Å². The van der Waals surface area contributed by atoms with Gasteiger partial charge in [0, 0.05) is 6.54 Å². The predicted octanol–water partition coefficient (Wildman–Crippen LogP) is 3.70. The smallest absolute Gasteiger partial charge is 0.422 e. The molecule has 2 nitrogen and oxygen atoms in total. The SMILES string of the molecule is CC(C)CNc1ccccc1OCC(F)(F)F. The second-order valence-electron chi connectivity index (χ2n) is 4.17. The van der Waals surface area contributed by atoms with Crippen LogP contribution in [0, 0.1) is 5.92 Å². The Hall–Kier alpha value is -1.39. The molecule has 0 radical (unpaired) electrons. The predicted molar refractivity (Wildman–Crippen MR) is 61.3 cm³/mol. The van der Waals surface area contributed by atoms with Crippen molar-refractivity contribution in [3.8, 4) is 5.75 Å². The minimum Gasteiger partial charge on any atom is -0.482 e. The molecule has 17 heavy (non-hydrogen) atoms. The Labute approximate surface area is 98.8 Å². The van der Waals surface area contributed by atoms with Gasteiger partial charge in [0.2, 0.25) is 0 Å². The zero-order valence-electron chi connectivity index (χ0n) is 9.84. The van der Waals surface area contributed by atoms with E-state index in [0.717, 1.165) is 0 Å². The monoisotopic (exact) mass is 247 g/mol. The Balaban J connectivity index is 2.64. The van der Waals surface area contributed by atoms with E-state index in [1.165, 1.54) is 6.07 Å². The molecule has 0 aliphatic heterocycles. The molecular weight excluding hydrogens is 231 g/mol. The van der Waals surface area contributed by atoms with Crippen LogP contribution in [0.1, 0.15) is 13.8 Å². The van der Waals surface area contributed by atoms with Gasteiger partial charge in [0.1, 0.15) is 5.75 Å². The van der Waals surface area contributed by atoms with Crippen molar-refractivity contribution in [2.24, 2.45) is 5.92 Å². The molecule has 96 valence electrons. The number of nitrogens with one attached hydrogen (secondary N) is 1. The highest BCUT2D eigenvalue weighted by Gasteiger charge is 2.28. The fourth-order valence-electron chi connectivity index (χ4n) is 1.21. The minimum absolute atomic E-state index is 0.227. The molecule has 0 heterocycles. The largest absolute Gasteiger partial charge is 0.482 e. The summed E-state index contributed by atoms with van der Waals surface area (Å²) in [5.41, 5.74) is 0.588. The molecule has 0 fully saturated rings. The molecule has 1 aromatic carbocycles. The topological polar surface area (TPSA) is 21.3 Å². The summed E-state index contributed by atoms with van der Waals surface area (Å²) in [4.78, 5) is 0. The molecule has 0 aromatic heterocycles. The lowest BCUT2D eigenvalue weighted by Crippen LogP contribution is -2.20. The van der Waals surface area contributed by atoms with Crippen molar-refractivity contribution < 1.29 is 17.9 Å². The van der Waals surface area contributed by atoms with Crippen molar-refractivity contribution in [3.05, 3.63) is 24.3 Å². The maximum Gasteiger partial charge on any atom is 0.422 e. The van der Waals surface area contributed by atoms with Crippen molar-refractivity contribution in [1.82, 2.24) is 0 Å². The Kier molecular flexibility index (Phi) is 4.66. The third kappa shape index (κ3) is 5.47. The second kappa shape index (κ2) is 5.80. The molecule has 0 aliphatic rings. The number of alkyl halides is 3. The van der Waals surface area contributed by atoms with Crippen LogP contribution in [0.2, 0.25) is 0 Å². The maximum atomic E-state index is 12.0. The number of hydrogen-bond acceptors (Lipinski definition) is 2. The molecule has 1 N–H and O–H groups in total. The molecule has 5 heteroatoms. The van der Waals surface area contributed by atoms with E-state index in [-0.39, 0.29) is 5.75 Å². The third-order valence-electron chi connectivity index (χ3n) is 1.98. The average Bonchev–Trinajstić information content (AvgIpc) is 2.23. The van der Waals surface area contributed by atoms with E-state index in [9.17, 15) is 13.2 Å². The quantitative estimate of drug-likeness (QED) is 0.856. The first kappa shape index (κ1) is 13.7. The normalized spacial score (nSPS) is 11.6. The van der Waals surface area contributed by atoms with Crippen molar-refractivity contribution in [2.75, 3.05) is 18.5 Å². The molecule has 0 aliphatic carbocycles. The number of rotatable bonds is 5. The zero-order chi connectivity index (χ0) is 12.9. The summed E-state index contributed by atoms with van der Waals surface area (Å²) in [5.74, 6) is 0.635. The Morgan fingerprint density at radius 2 is 1.88 bits per heavy atom. The fraction of sp³-hybridized carbons (Fsp3) is 0.500. The molecule has 0 saturated carbocycles. The first-order valence-electron chi connectivity index (χ1n) is 5.41. The van der Waals surface area contributed by atoms with E-state index in [0.29, 0.717) is 18.2 Å². The van der Waals surface area contributed by atoms with Gasteiger partial charge in [-0.1, -0.05) is 26.0 Å². The highest BCUT2D eigenvalue weighted by Crippen LogP contribution is 2.26. The molecule has 1 aromatic rings. The lowest BCUT2D eigenvalue weighted by atomic mass is 10.2. The Bertz CT molecular complexity index is 350. The lowest BCUT2D eigenvalue weighted by molar-refractivity contribution is -0.153. The zero-order valence-corrected chi connectivity index (χ0v) is 9.84. The Morgan fingerprint density at radius 1 is 1.24 bits per heavy atom. The maximum absolute atomic E-state index is 12.0. The highest BCUT2D eigenvalue weighted by atomic mass is 19.4. The van der Waals surface area contributed by atoms with Gasteiger partial charge >= 0.3 is 6.18 Å². The molecule has 0 amide bonds. The first-order chi connectivity index (χ1) is 7.88. The number of anilines is 1. The van der Waals surface area contributed by atoms with Gasteiger partial charge in [0.05, 0.1) is 5.69 Å². The van der Waals surface area contributed by atoms with Gasteiger partial charge in [-0.25, -0.2) is 0 Å². The third-order valence-corrected chi connectivity index (χ3v) is 1.98. The summed E-state index contributed by atoms with van der Waals surface area (Å²) in [6.45, 7) is 3.46. The molecule has 0 bridgehead atoms. The molecule has 0 saturated heterocycles. The number of ether oxygens (including phenoxy) is 1. The molecule has 0 unspecified atom stereocenters. The Morgan fingerprint density at radius 3 is 2.47 bits per heavy atom. The second-order valence-corrected chi connectivity index (χ2v) is 4.17. The van der Waals surface area contributed by atoms with Gasteiger partial charge in [-0.3, -0.25) is 0 Å². The summed E-state index contributed by atoms with van der Waals surface area (Å²) in [7, 11) is 0. The van der Waals surface area contributed by atoms with Crippen molar-refractivity contribution in [1.29, 1.82) is 0 Å². The van der Waals surface area contributed by atoms with Crippen LogP contribution in [0.5, 0.6) is 5.75 Å². The highest BCUT2D eigenvalue weighted by molar-refractivity contribution is 5.56. The number of para-hydroxylation sites is 2. The fourth-order valence-corrected chi connectivity index (χ4v) is 1.21. The van der Waals surface area contributed by atoms with Gasteiger partial charge in [-0.2, -0.15) is 13.2 Å². The number of halogens is 3. The van der Waals surface area contributed by atoms with Crippen LogP contribution in [-0.4, -0.2) is 19.3 Å². The van der Waals surface area contributed by atoms with Gasteiger partial charge in [-0.15, -0.1) is 0 Å². The molecular formula is C12H16F3NO. The van der Waals surface area contributed by atoms with E-state index in [1.807, 2.05) is 13.8 Å². The van der Waals surface area contributed by atoms with Crippen LogP contribution in [0.15, 0.2) is 24.3 Å². The van der Waals surface area contributed by atoms with Crippen molar-refractivity contribution in [3.63, 3.8) is 0 Å². The molecule has 1 rings (SSSR count). The van der Waals surface area contributed by atoms with Crippen LogP contribution in [-0.2, 0) is 0 Å². The van der Waals surface area contributed by atoms with Gasteiger partial charge in [0.25, 0.3) is 0 Å². The number of benzene rings is 1. The van der Waals surface area contributed by atoms with E-state index < -0.39 is 12.8 Å². The minimum atomic E-state index is -4.31. The van der Waals surface area contributed by atoms with Crippen LogP contribution in [0.3, 0.4) is 0 Å². The van der Waals surface area contributed by atoms with E-state index >= 15 is 0 Å². The van der Waals surface area contributed by atoms with Crippen LogP contribution >= 0.6 is 0 Å². The molecule has 0 atom stereocenters. The standard InChI is InChI=1S/C12H16F3NO/c1-9(2)7-16-10-5-3-4-6-11(10)17-8-12(13,14)15/h3-6,9,16H,7-8H2,1-2H3. The van der Waals surface area contributed by atoms with Gasteiger partial charge in [0.15, 0.2) is 6.61 Å². The van der Waals surface area contributed by atoms with E-state index in [1.54, 1.807) is 18.2 Å². The summed E-state index contributed by atoms with van der Waals surface area (Å²) < 4.78 is 40.9. The van der Waals surface area contributed by atoms with Gasteiger partial charge < -0.3 is 10.1 Å². The summed E-state index contributed by atoms with van der Waals surface area (Å²) in [6, 6.07) is 6.62. The average molecular weight is 247 g/mol. The number of hydrogen-bond donors (Lipinski definition) is 1. The summed E-state index contributed by atoms with van der Waals surface area (Å²) in [5, 5.41) is 3.06. The van der Waals surface area contributed by atoms with Crippen LogP contribution in [0.25, 0.3) is 0 Å². The molecule has 0 spiro atoms. The summed E-state index contributed by atoms with van der Waals surface area (Å²) in [6.07, 6.45) is -4.31. The van der Waals surface area contributed by atoms with Crippen molar-refractivity contribution >= 4 is 5.69 Å². The van der Waals surface area contributed by atoms with E-state index in [2.05, 4.69) is 5.32 Å². The van der Waals surface area contributed by atoms with Crippen molar-refractivity contribution in [2.45, 2.75) is 20.0 Å².